The van der Waals surface area contributed by atoms with Gasteiger partial charge in [-0.3, -0.25) is 19.5 Å². The van der Waals surface area contributed by atoms with E-state index in [9.17, 15) is 9.59 Å². The number of piperazine rings is 1. The maximum Gasteiger partial charge on any atom is 0.322 e. The molecule has 0 saturated carbocycles. The van der Waals surface area contributed by atoms with E-state index in [4.69, 9.17) is 5.11 Å². The normalized spacial score (nSPS) is 20.5. The van der Waals surface area contributed by atoms with Gasteiger partial charge in [0, 0.05) is 25.5 Å². The van der Waals surface area contributed by atoms with E-state index in [0.29, 0.717) is 6.54 Å². The van der Waals surface area contributed by atoms with Gasteiger partial charge in [-0.25, -0.2) is 0 Å². The molecule has 1 fully saturated rings. The van der Waals surface area contributed by atoms with E-state index in [-0.39, 0.29) is 19.0 Å². The van der Waals surface area contributed by atoms with Crippen molar-refractivity contribution in [1.82, 2.24) is 15.2 Å². The monoisotopic (exact) mass is 249 g/mol. The smallest absolute Gasteiger partial charge is 0.322 e. The minimum Gasteiger partial charge on any atom is -0.480 e. The molecule has 1 unspecified atom stereocenters. The van der Waals surface area contributed by atoms with E-state index in [1.807, 2.05) is 13.0 Å². The number of hydrogen-bond acceptors (Lipinski definition) is 4. The maximum absolute atomic E-state index is 11.3. The molecule has 0 aromatic carbocycles. The van der Waals surface area contributed by atoms with Gasteiger partial charge in [-0.2, -0.15) is 0 Å². The molecule has 1 atom stereocenters. The SMILES string of the molecule is Cc1cncc(CN2CC(=O)NCC2C(=O)O)c1. The van der Waals surface area contributed by atoms with Crippen LogP contribution in [-0.2, 0) is 16.1 Å². The molecule has 96 valence electrons. The number of aryl methyl sites for hydroxylation is 1. The van der Waals surface area contributed by atoms with Crippen molar-refractivity contribution in [3.05, 3.63) is 29.6 Å². The molecule has 2 rings (SSSR count). The summed E-state index contributed by atoms with van der Waals surface area (Å²) in [5.74, 6) is -1.07. The maximum atomic E-state index is 11.3. The summed E-state index contributed by atoms with van der Waals surface area (Å²) in [4.78, 5) is 28.2. The van der Waals surface area contributed by atoms with Gasteiger partial charge in [0.2, 0.25) is 5.91 Å². The van der Waals surface area contributed by atoms with Crippen LogP contribution >= 0.6 is 0 Å². The first-order valence-electron chi connectivity index (χ1n) is 5.70. The number of pyridine rings is 1. The summed E-state index contributed by atoms with van der Waals surface area (Å²) in [6.45, 7) is 2.59. The van der Waals surface area contributed by atoms with Crippen molar-refractivity contribution < 1.29 is 14.7 Å². The standard InChI is InChI=1S/C12H15N3O3/c1-8-2-9(4-13-3-8)6-15-7-11(16)14-5-10(15)12(17)18/h2-4,10H,5-7H2,1H3,(H,14,16)(H,17,18). The molecule has 1 aliphatic rings. The number of carbonyl (C=O) groups is 2. The number of nitrogens with one attached hydrogen (secondary N) is 1. The Balaban J connectivity index is 2.13. The van der Waals surface area contributed by atoms with Crippen LogP contribution in [0.5, 0.6) is 0 Å². The predicted octanol–water partition coefficient (Wildman–Crippen LogP) is -0.225. The minimum atomic E-state index is -0.921. The Bertz CT molecular complexity index is 475. The second-order valence-corrected chi connectivity index (χ2v) is 4.43. The zero-order chi connectivity index (χ0) is 13.1. The van der Waals surface area contributed by atoms with Crippen LogP contribution in [0, 0.1) is 6.92 Å². The predicted molar refractivity (Wildman–Crippen MR) is 63.8 cm³/mol. The Hall–Kier alpha value is -1.95. The van der Waals surface area contributed by atoms with Crippen LogP contribution in [0.15, 0.2) is 18.5 Å². The number of aromatic nitrogens is 1. The van der Waals surface area contributed by atoms with E-state index >= 15 is 0 Å². The van der Waals surface area contributed by atoms with Crippen LogP contribution in [-0.4, -0.2) is 46.0 Å². The molecule has 6 nitrogen and oxygen atoms in total. The third-order valence-corrected chi connectivity index (χ3v) is 2.88. The molecule has 1 aromatic rings. The Morgan fingerprint density at radius 3 is 3.06 bits per heavy atom. The molecule has 0 aliphatic carbocycles. The molecule has 1 saturated heterocycles. The second kappa shape index (κ2) is 5.14. The molecule has 2 heterocycles. The molecule has 6 heteroatoms. The molecule has 0 bridgehead atoms. The average molecular weight is 249 g/mol. The third-order valence-electron chi connectivity index (χ3n) is 2.88. The molecular formula is C12H15N3O3. The van der Waals surface area contributed by atoms with Crippen molar-refractivity contribution >= 4 is 11.9 Å². The van der Waals surface area contributed by atoms with Gasteiger partial charge in [0.25, 0.3) is 0 Å². The van der Waals surface area contributed by atoms with Crippen molar-refractivity contribution in [1.29, 1.82) is 0 Å². The fraction of sp³-hybridized carbons (Fsp3) is 0.417. The fourth-order valence-electron chi connectivity index (χ4n) is 2.04. The van der Waals surface area contributed by atoms with Gasteiger partial charge in [0.05, 0.1) is 6.54 Å². The molecule has 1 amide bonds. The average Bonchev–Trinajstić information content (AvgIpc) is 2.28. The van der Waals surface area contributed by atoms with Crippen LogP contribution in [0.1, 0.15) is 11.1 Å². The first kappa shape index (κ1) is 12.5. The molecule has 1 aliphatic heterocycles. The van der Waals surface area contributed by atoms with E-state index in [0.717, 1.165) is 11.1 Å². The molecule has 0 spiro atoms. The number of aliphatic carboxylic acids is 1. The Labute approximate surface area is 105 Å². The number of carboxylic acids is 1. The highest BCUT2D eigenvalue weighted by Gasteiger charge is 2.31. The number of rotatable bonds is 3. The van der Waals surface area contributed by atoms with Crippen molar-refractivity contribution in [3.8, 4) is 0 Å². The summed E-state index contributed by atoms with van der Waals surface area (Å²) in [6, 6.07) is 1.27. The number of carbonyl (C=O) groups excluding carboxylic acids is 1. The number of carboxylic acid groups (broad SMARTS) is 1. The van der Waals surface area contributed by atoms with Crippen LogP contribution in [0.3, 0.4) is 0 Å². The largest absolute Gasteiger partial charge is 0.480 e. The fourth-order valence-corrected chi connectivity index (χ4v) is 2.04. The molecule has 2 N–H and O–H groups in total. The van der Waals surface area contributed by atoms with Gasteiger partial charge in [0.1, 0.15) is 6.04 Å². The van der Waals surface area contributed by atoms with E-state index < -0.39 is 12.0 Å². The minimum absolute atomic E-state index is 0.102. The van der Waals surface area contributed by atoms with Crippen LogP contribution in [0.2, 0.25) is 0 Å². The quantitative estimate of drug-likeness (QED) is 0.773. The summed E-state index contributed by atoms with van der Waals surface area (Å²) in [5.41, 5.74) is 1.93. The summed E-state index contributed by atoms with van der Waals surface area (Å²) in [7, 11) is 0. The highest BCUT2D eigenvalue weighted by Crippen LogP contribution is 2.11. The topological polar surface area (TPSA) is 82.5 Å². The van der Waals surface area contributed by atoms with Gasteiger partial charge in [0.15, 0.2) is 0 Å². The highest BCUT2D eigenvalue weighted by atomic mass is 16.4. The van der Waals surface area contributed by atoms with Gasteiger partial charge >= 0.3 is 5.97 Å². The van der Waals surface area contributed by atoms with Gasteiger partial charge in [-0.1, -0.05) is 6.07 Å². The first-order valence-corrected chi connectivity index (χ1v) is 5.70. The Morgan fingerprint density at radius 1 is 1.61 bits per heavy atom. The Kier molecular flexibility index (Phi) is 3.57. The lowest BCUT2D eigenvalue weighted by atomic mass is 10.1. The second-order valence-electron chi connectivity index (χ2n) is 4.43. The zero-order valence-electron chi connectivity index (χ0n) is 10.1. The summed E-state index contributed by atoms with van der Waals surface area (Å²) < 4.78 is 0. The van der Waals surface area contributed by atoms with Crippen molar-refractivity contribution in [3.63, 3.8) is 0 Å². The van der Waals surface area contributed by atoms with E-state index in [1.165, 1.54) is 0 Å². The first-order chi connectivity index (χ1) is 8.56. The highest BCUT2D eigenvalue weighted by molar-refractivity contribution is 5.83. The van der Waals surface area contributed by atoms with Crippen molar-refractivity contribution in [2.75, 3.05) is 13.1 Å². The van der Waals surface area contributed by atoms with Crippen LogP contribution in [0.4, 0.5) is 0 Å². The molecular weight excluding hydrogens is 234 g/mol. The van der Waals surface area contributed by atoms with E-state index in [1.54, 1.807) is 17.3 Å². The lowest BCUT2D eigenvalue weighted by molar-refractivity contribution is -0.146. The van der Waals surface area contributed by atoms with Crippen LogP contribution in [0.25, 0.3) is 0 Å². The van der Waals surface area contributed by atoms with Gasteiger partial charge in [-0.05, 0) is 18.1 Å². The van der Waals surface area contributed by atoms with Crippen molar-refractivity contribution in [2.24, 2.45) is 0 Å². The molecule has 0 radical (unpaired) electrons. The number of amides is 1. The zero-order valence-corrected chi connectivity index (χ0v) is 10.1. The summed E-state index contributed by atoms with van der Waals surface area (Å²) in [6.07, 6.45) is 3.43. The lowest BCUT2D eigenvalue weighted by Crippen LogP contribution is -2.56. The number of hydrogen-bond donors (Lipinski definition) is 2. The molecule has 1 aromatic heterocycles. The van der Waals surface area contributed by atoms with Gasteiger partial charge in [-0.15, -0.1) is 0 Å². The Morgan fingerprint density at radius 2 is 2.39 bits per heavy atom. The molecule has 18 heavy (non-hydrogen) atoms. The third kappa shape index (κ3) is 2.84. The summed E-state index contributed by atoms with van der Waals surface area (Å²) in [5, 5.41) is 11.7. The van der Waals surface area contributed by atoms with Crippen LogP contribution < -0.4 is 5.32 Å². The number of nitrogens with zero attached hydrogens (tertiary/aromatic N) is 2. The van der Waals surface area contributed by atoms with E-state index in [2.05, 4.69) is 10.3 Å². The summed E-state index contributed by atoms with van der Waals surface area (Å²) >= 11 is 0. The lowest BCUT2D eigenvalue weighted by Gasteiger charge is -2.32. The van der Waals surface area contributed by atoms with Crippen molar-refractivity contribution in [2.45, 2.75) is 19.5 Å². The van der Waals surface area contributed by atoms with Gasteiger partial charge < -0.3 is 10.4 Å².